The molecule has 0 amide bonds. The molecule has 0 aromatic heterocycles. The van der Waals surface area contributed by atoms with Gasteiger partial charge in [0.05, 0.1) is 46.2 Å². The summed E-state index contributed by atoms with van der Waals surface area (Å²) in [4.78, 5) is 27.3. The second-order valence-corrected chi connectivity index (χ2v) is 18.8. The summed E-state index contributed by atoms with van der Waals surface area (Å²) < 4.78 is 27.8. The third kappa shape index (κ3) is 46.7. The predicted octanol–water partition coefficient (Wildman–Crippen LogP) is 16.0. The third-order valence-corrected chi connectivity index (χ3v) is 12.7. The highest BCUT2D eigenvalue weighted by Gasteiger charge is 2.15. The Morgan fingerprint density at radius 3 is 1.03 bits per heavy atom. The van der Waals surface area contributed by atoms with Crippen LogP contribution in [-0.2, 0) is 23.7 Å². The highest BCUT2D eigenvalue weighted by atomic mass is 16.7. The van der Waals surface area contributed by atoms with E-state index in [-0.39, 0.29) is 6.61 Å². The van der Waals surface area contributed by atoms with Crippen molar-refractivity contribution >= 4 is 12.3 Å². The molecule has 0 aliphatic carbocycles. The number of ether oxygens (including phenoxy) is 5. The number of carbonyl (C=O) groups is 2. The first-order valence-electron chi connectivity index (χ1n) is 27.5. The van der Waals surface area contributed by atoms with E-state index in [4.69, 9.17) is 28.8 Å². The summed E-state index contributed by atoms with van der Waals surface area (Å²) >= 11 is 0. The lowest BCUT2D eigenvalue weighted by atomic mass is 9.95. The van der Waals surface area contributed by atoms with Crippen LogP contribution < -0.4 is 0 Å². The van der Waals surface area contributed by atoms with Crippen LogP contribution in [0.2, 0.25) is 0 Å². The Morgan fingerprint density at radius 1 is 0.365 bits per heavy atom. The molecule has 0 heterocycles. The molecule has 376 valence electrons. The largest absolute Gasteiger partial charge is 0.508 e. The van der Waals surface area contributed by atoms with Crippen LogP contribution in [0, 0.1) is 11.8 Å². The lowest BCUT2D eigenvalue weighted by molar-refractivity contribution is 0.0398. The number of nitrogens with zero attached hydrogens (tertiary/aromatic N) is 1. The van der Waals surface area contributed by atoms with Crippen molar-refractivity contribution in [2.45, 2.75) is 259 Å². The van der Waals surface area contributed by atoms with E-state index in [1.54, 1.807) is 0 Å². The summed E-state index contributed by atoms with van der Waals surface area (Å²) in [7, 11) is 0. The molecule has 0 aliphatic heterocycles. The van der Waals surface area contributed by atoms with E-state index in [1.807, 2.05) is 0 Å². The number of rotatable bonds is 51. The smallest absolute Gasteiger partial charge is 0.434 e. The topological polar surface area (TPSA) is 104 Å². The van der Waals surface area contributed by atoms with Gasteiger partial charge in [-0.25, -0.2) is 9.59 Å². The van der Waals surface area contributed by atoms with Crippen LogP contribution in [0.1, 0.15) is 259 Å². The number of aliphatic hydroxyl groups is 1. The summed E-state index contributed by atoms with van der Waals surface area (Å²) in [6.07, 6.45) is 42.6. The highest BCUT2D eigenvalue weighted by molar-refractivity contribution is 5.60. The van der Waals surface area contributed by atoms with Crippen molar-refractivity contribution in [1.82, 2.24) is 4.90 Å². The molecule has 0 saturated carbocycles. The van der Waals surface area contributed by atoms with Crippen LogP contribution in [0.3, 0.4) is 0 Å². The van der Waals surface area contributed by atoms with Crippen LogP contribution in [-0.4, -0.2) is 88.2 Å². The summed E-state index contributed by atoms with van der Waals surface area (Å²) in [6.45, 7) is 14.7. The highest BCUT2D eigenvalue weighted by Crippen LogP contribution is 2.22. The molecule has 0 aliphatic rings. The maximum absolute atomic E-state index is 12.4. The van der Waals surface area contributed by atoms with Gasteiger partial charge in [-0.2, -0.15) is 0 Å². The Morgan fingerprint density at radius 2 is 0.683 bits per heavy atom. The predicted molar refractivity (Wildman–Crippen MR) is 265 cm³/mol. The molecule has 0 atom stereocenters. The van der Waals surface area contributed by atoms with Gasteiger partial charge in [0, 0.05) is 6.54 Å². The molecule has 0 saturated heterocycles. The first-order valence-corrected chi connectivity index (χ1v) is 27.5. The maximum Gasteiger partial charge on any atom is 0.508 e. The number of hydrogen-bond donors (Lipinski definition) is 1. The van der Waals surface area contributed by atoms with Crippen molar-refractivity contribution in [3.05, 3.63) is 0 Å². The van der Waals surface area contributed by atoms with E-state index < -0.39 is 12.3 Å². The van der Waals surface area contributed by atoms with Gasteiger partial charge in [0.2, 0.25) is 0 Å². The lowest BCUT2D eigenvalue weighted by Gasteiger charge is -2.22. The first kappa shape index (κ1) is 61.4. The molecule has 0 rings (SSSR count). The molecule has 63 heavy (non-hydrogen) atoms. The molecule has 1 N–H and O–H groups in total. The van der Waals surface area contributed by atoms with Crippen LogP contribution in [0.15, 0.2) is 0 Å². The fraction of sp³-hybridized carbons (Fsp3) is 0.963. The minimum absolute atomic E-state index is 0.0448. The van der Waals surface area contributed by atoms with Gasteiger partial charge in [-0.15, -0.1) is 0 Å². The summed E-state index contributed by atoms with van der Waals surface area (Å²) in [6, 6.07) is 0. The zero-order chi connectivity index (χ0) is 45.9. The number of unbranched alkanes of at least 4 members (excludes halogenated alkanes) is 26. The summed E-state index contributed by atoms with van der Waals surface area (Å²) in [5.74, 6) is 0.886. The average molecular weight is 898 g/mol. The Hall–Kier alpha value is -1.58. The van der Waals surface area contributed by atoms with E-state index in [9.17, 15) is 9.59 Å². The molecule has 9 nitrogen and oxygen atoms in total. The monoisotopic (exact) mass is 898 g/mol. The molecule has 0 aromatic carbocycles. The number of hydrogen-bond acceptors (Lipinski definition) is 9. The quantitative estimate of drug-likeness (QED) is 0.0472. The molecular formula is C54H107NO8. The number of aliphatic hydroxyl groups excluding tert-OH is 1. The zero-order valence-electron chi connectivity index (χ0n) is 42.4. The van der Waals surface area contributed by atoms with E-state index in [1.165, 1.54) is 154 Å². The Kier molecular flexibility index (Phi) is 50.1. The Labute approximate surface area is 391 Å². The molecule has 9 heteroatoms. The molecule has 0 bridgehead atoms. The molecule has 0 fully saturated rings. The molecule has 0 spiro atoms. The van der Waals surface area contributed by atoms with E-state index in [2.05, 4.69) is 32.6 Å². The van der Waals surface area contributed by atoms with Crippen LogP contribution >= 0.6 is 0 Å². The fourth-order valence-electron chi connectivity index (χ4n) is 8.52. The normalized spacial score (nSPS) is 11.6. The van der Waals surface area contributed by atoms with Gasteiger partial charge in [-0.05, 0) is 76.3 Å². The molecule has 0 aromatic rings. The van der Waals surface area contributed by atoms with Gasteiger partial charge in [-0.1, -0.05) is 207 Å². The van der Waals surface area contributed by atoms with E-state index in [0.717, 1.165) is 96.7 Å². The van der Waals surface area contributed by atoms with Gasteiger partial charge < -0.3 is 33.7 Å². The van der Waals surface area contributed by atoms with Gasteiger partial charge in [0.1, 0.15) is 0 Å². The average Bonchev–Trinajstić information content (AvgIpc) is 3.29. The molecule has 0 unspecified atom stereocenters. The van der Waals surface area contributed by atoms with Crippen molar-refractivity contribution in [2.24, 2.45) is 11.8 Å². The van der Waals surface area contributed by atoms with Crippen molar-refractivity contribution in [3.63, 3.8) is 0 Å². The second-order valence-electron chi connectivity index (χ2n) is 18.8. The van der Waals surface area contributed by atoms with Crippen molar-refractivity contribution in [1.29, 1.82) is 0 Å². The zero-order valence-corrected chi connectivity index (χ0v) is 42.4. The van der Waals surface area contributed by atoms with Crippen molar-refractivity contribution in [3.8, 4) is 0 Å². The maximum atomic E-state index is 12.4. The van der Waals surface area contributed by atoms with Crippen molar-refractivity contribution < 1.29 is 38.4 Å². The van der Waals surface area contributed by atoms with Gasteiger partial charge in [-0.3, -0.25) is 0 Å². The van der Waals surface area contributed by atoms with Gasteiger partial charge in [0.15, 0.2) is 0 Å². The van der Waals surface area contributed by atoms with Crippen LogP contribution in [0.5, 0.6) is 0 Å². The minimum Gasteiger partial charge on any atom is -0.434 e. The standard InChI is InChI=1S/C54H107NO8/c1-5-9-13-17-21-29-37-51(38-30-22-18-14-10-6-2)49-62-53(57)60-45-35-27-25-33-41-55(43-47-59-48-44-56)42-34-26-28-36-46-61-54(58)63-50-52(39-31-23-19-15-11-7-3)40-32-24-20-16-12-8-4/h51-52,56H,5-50H2,1-4H3. The minimum atomic E-state index is -0.507. The second kappa shape index (κ2) is 51.4. The van der Waals surface area contributed by atoms with Crippen molar-refractivity contribution in [2.75, 3.05) is 65.9 Å². The summed E-state index contributed by atoms with van der Waals surface area (Å²) in [5.41, 5.74) is 0. The van der Waals surface area contributed by atoms with Crippen LogP contribution in [0.25, 0.3) is 0 Å². The SMILES string of the molecule is CCCCCCCCC(CCCCCCCC)COC(=O)OCCCCCCN(CCCCCCOC(=O)OCC(CCCCCCCC)CCCCCCCC)CCOCCO. The number of carbonyl (C=O) groups excluding carboxylic acids is 2. The molecule has 0 radical (unpaired) electrons. The van der Waals surface area contributed by atoms with Gasteiger partial charge >= 0.3 is 12.3 Å². The van der Waals surface area contributed by atoms with E-state index >= 15 is 0 Å². The third-order valence-electron chi connectivity index (χ3n) is 12.7. The summed E-state index contributed by atoms with van der Waals surface area (Å²) in [5, 5.41) is 9.13. The fourth-order valence-corrected chi connectivity index (χ4v) is 8.52. The van der Waals surface area contributed by atoms with Crippen LogP contribution in [0.4, 0.5) is 9.59 Å². The lowest BCUT2D eigenvalue weighted by Crippen LogP contribution is -2.30. The first-order chi connectivity index (χ1) is 31.0. The Balaban J connectivity index is 4.35. The van der Waals surface area contributed by atoms with Gasteiger partial charge in [0.25, 0.3) is 0 Å². The van der Waals surface area contributed by atoms with E-state index in [0.29, 0.717) is 51.5 Å². The Bertz CT molecular complexity index is 824. The molecular weight excluding hydrogens is 791 g/mol.